The third kappa shape index (κ3) is 3.96. The molecular weight excluding hydrogens is 308 g/mol. The molecule has 1 aromatic carbocycles. The number of rotatable bonds is 7. The largest absolute Gasteiger partial charge is 0.486 e. The molecule has 0 saturated heterocycles. The Morgan fingerprint density at radius 2 is 1.87 bits per heavy atom. The normalized spacial score (nSPS) is 10.9. The van der Waals surface area contributed by atoms with E-state index in [0.29, 0.717) is 6.61 Å². The van der Waals surface area contributed by atoms with Crippen LogP contribution in [0.3, 0.4) is 0 Å². The van der Waals surface area contributed by atoms with Gasteiger partial charge in [-0.1, -0.05) is 23.9 Å². The molecule has 0 bridgehead atoms. The van der Waals surface area contributed by atoms with Gasteiger partial charge >= 0.3 is 0 Å². The number of imidazole rings is 2. The number of hydrogen-bond donors (Lipinski definition) is 0. The van der Waals surface area contributed by atoms with Crippen molar-refractivity contribution in [2.24, 2.45) is 7.05 Å². The molecule has 2 aromatic heterocycles. The zero-order valence-corrected chi connectivity index (χ0v) is 14.2. The molecule has 0 aliphatic rings. The molecule has 0 radical (unpaired) electrons. The maximum absolute atomic E-state index is 5.77. The molecule has 0 fully saturated rings. The molecule has 0 unspecified atom stereocenters. The summed E-state index contributed by atoms with van der Waals surface area (Å²) >= 11 is 1.75. The van der Waals surface area contributed by atoms with Gasteiger partial charge in [-0.25, -0.2) is 9.97 Å². The van der Waals surface area contributed by atoms with Crippen LogP contribution in [0.5, 0.6) is 5.75 Å². The van der Waals surface area contributed by atoms with E-state index in [4.69, 9.17) is 4.74 Å². The van der Waals surface area contributed by atoms with Crippen molar-refractivity contribution >= 4 is 11.8 Å². The molecule has 5 nitrogen and oxygen atoms in total. The molecule has 0 atom stereocenters. The van der Waals surface area contributed by atoms with Crippen molar-refractivity contribution in [2.45, 2.75) is 31.0 Å². The minimum absolute atomic E-state index is 0.478. The Balaban J connectivity index is 1.54. The molecule has 3 rings (SSSR count). The monoisotopic (exact) mass is 328 g/mol. The summed E-state index contributed by atoms with van der Waals surface area (Å²) < 4.78 is 9.87. The zero-order valence-electron chi connectivity index (χ0n) is 13.3. The second kappa shape index (κ2) is 7.37. The third-order valence-corrected chi connectivity index (χ3v) is 4.67. The number of ether oxygens (including phenoxy) is 1. The first-order valence-corrected chi connectivity index (χ1v) is 8.56. The van der Waals surface area contributed by atoms with E-state index < -0.39 is 0 Å². The van der Waals surface area contributed by atoms with Gasteiger partial charge < -0.3 is 13.9 Å². The zero-order chi connectivity index (χ0) is 16.1. The van der Waals surface area contributed by atoms with Crippen LogP contribution in [0, 0.1) is 0 Å². The van der Waals surface area contributed by atoms with Gasteiger partial charge in [0.2, 0.25) is 0 Å². The fraction of sp³-hybridized carbons (Fsp3) is 0.294. The van der Waals surface area contributed by atoms with Crippen molar-refractivity contribution in [3.8, 4) is 5.75 Å². The summed E-state index contributed by atoms with van der Waals surface area (Å²) in [6.07, 6.45) is 7.55. The van der Waals surface area contributed by atoms with E-state index in [2.05, 4.69) is 33.6 Å². The van der Waals surface area contributed by atoms with E-state index in [1.54, 1.807) is 18.0 Å². The predicted octanol–water partition coefficient (Wildman–Crippen LogP) is 3.51. The van der Waals surface area contributed by atoms with E-state index in [1.165, 1.54) is 5.56 Å². The van der Waals surface area contributed by atoms with Crippen LogP contribution in [-0.4, -0.2) is 19.1 Å². The third-order valence-electron chi connectivity index (χ3n) is 3.60. The van der Waals surface area contributed by atoms with E-state index in [9.17, 15) is 0 Å². The van der Waals surface area contributed by atoms with Gasteiger partial charge in [-0.2, -0.15) is 0 Å². The van der Waals surface area contributed by atoms with E-state index in [0.717, 1.165) is 29.0 Å². The first-order chi connectivity index (χ1) is 11.3. The lowest BCUT2D eigenvalue weighted by Gasteiger charge is -2.08. The molecule has 3 aromatic rings. The Kier molecular flexibility index (Phi) is 5.02. The Labute approximate surface area is 140 Å². The molecular formula is C17H20N4OS. The first-order valence-electron chi connectivity index (χ1n) is 7.58. The number of aryl methyl sites for hydroxylation is 2. The summed E-state index contributed by atoms with van der Waals surface area (Å²) in [5, 5.41) is 1.06. The summed E-state index contributed by atoms with van der Waals surface area (Å²) in [5.41, 5.74) is 1.25. The maximum Gasteiger partial charge on any atom is 0.168 e. The Bertz CT molecular complexity index is 748. The Morgan fingerprint density at radius 1 is 1.09 bits per heavy atom. The fourth-order valence-corrected chi connectivity index (χ4v) is 3.17. The van der Waals surface area contributed by atoms with Crippen LogP contribution in [0.15, 0.2) is 54.2 Å². The summed E-state index contributed by atoms with van der Waals surface area (Å²) in [7, 11) is 1.96. The highest BCUT2D eigenvalue weighted by Gasteiger charge is 2.04. The minimum Gasteiger partial charge on any atom is -0.486 e. The lowest BCUT2D eigenvalue weighted by Crippen LogP contribution is -2.02. The predicted molar refractivity (Wildman–Crippen MR) is 91.4 cm³/mol. The summed E-state index contributed by atoms with van der Waals surface area (Å²) in [6.45, 7) is 3.55. The van der Waals surface area contributed by atoms with Crippen LogP contribution in [0.4, 0.5) is 0 Å². The van der Waals surface area contributed by atoms with Crippen LogP contribution < -0.4 is 4.74 Å². The van der Waals surface area contributed by atoms with Crippen LogP contribution in [0.2, 0.25) is 0 Å². The first kappa shape index (κ1) is 15.7. The maximum atomic E-state index is 5.77. The van der Waals surface area contributed by atoms with Gasteiger partial charge in [0.15, 0.2) is 5.16 Å². The summed E-state index contributed by atoms with van der Waals surface area (Å²) in [4.78, 5) is 8.63. The lowest BCUT2D eigenvalue weighted by molar-refractivity contribution is 0.292. The Morgan fingerprint density at radius 3 is 2.57 bits per heavy atom. The average molecular weight is 328 g/mol. The highest BCUT2D eigenvalue weighted by atomic mass is 32.2. The number of benzene rings is 1. The molecule has 23 heavy (non-hydrogen) atoms. The van der Waals surface area contributed by atoms with Crippen molar-refractivity contribution in [1.29, 1.82) is 0 Å². The number of hydrogen-bond acceptors (Lipinski definition) is 4. The smallest absolute Gasteiger partial charge is 0.168 e. The van der Waals surface area contributed by atoms with Crippen molar-refractivity contribution in [3.05, 3.63) is 60.4 Å². The van der Waals surface area contributed by atoms with Gasteiger partial charge in [0, 0.05) is 44.1 Å². The highest BCUT2D eigenvalue weighted by molar-refractivity contribution is 7.98. The molecule has 0 saturated carbocycles. The van der Waals surface area contributed by atoms with Gasteiger partial charge in [-0.05, 0) is 24.6 Å². The van der Waals surface area contributed by atoms with Crippen LogP contribution >= 0.6 is 11.8 Å². The Hall–Kier alpha value is -2.21. The van der Waals surface area contributed by atoms with Crippen molar-refractivity contribution in [1.82, 2.24) is 19.1 Å². The lowest BCUT2D eigenvalue weighted by atomic mass is 10.2. The number of thioether (sulfide) groups is 1. The molecule has 0 N–H and O–H groups in total. The molecule has 0 aliphatic heterocycles. The molecule has 2 heterocycles. The van der Waals surface area contributed by atoms with Crippen molar-refractivity contribution in [2.75, 3.05) is 0 Å². The second-order valence-corrected chi connectivity index (χ2v) is 6.11. The van der Waals surface area contributed by atoms with Crippen molar-refractivity contribution < 1.29 is 4.74 Å². The fourth-order valence-electron chi connectivity index (χ4n) is 2.19. The minimum atomic E-state index is 0.478. The molecule has 0 aliphatic carbocycles. The van der Waals surface area contributed by atoms with E-state index in [1.807, 2.05) is 42.3 Å². The van der Waals surface area contributed by atoms with Gasteiger partial charge in [-0.3, -0.25) is 0 Å². The van der Waals surface area contributed by atoms with E-state index in [-0.39, 0.29) is 0 Å². The topological polar surface area (TPSA) is 44.9 Å². The number of aromatic nitrogens is 4. The van der Waals surface area contributed by atoms with Gasteiger partial charge in [-0.15, -0.1) is 0 Å². The molecule has 0 amide bonds. The van der Waals surface area contributed by atoms with Gasteiger partial charge in [0.05, 0.1) is 0 Å². The van der Waals surface area contributed by atoms with Gasteiger partial charge in [0.25, 0.3) is 0 Å². The quantitative estimate of drug-likeness (QED) is 0.623. The average Bonchev–Trinajstić information content (AvgIpc) is 3.20. The van der Waals surface area contributed by atoms with Crippen LogP contribution in [0.1, 0.15) is 18.3 Å². The SMILES string of the molecule is CCn1ccnc1SCc1ccc(OCc2nccn2C)cc1. The number of nitrogens with zero attached hydrogens (tertiary/aromatic N) is 4. The van der Waals surface area contributed by atoms with Crippen LogP contribution in [0.25, 0.3) is 0 Å². The molecule has 6 heteroatoms. The van der Waals surface area contributed by atoms with E-state index >= 15 is 0 Å². The summed E-state index contributed by atoms with van der Waals surface area (Å²) in [5.74, 6) is 2.67. The highest BCUT2D eigenvalue weighted by Crippen LogP contribution is 2.23. The molecule has 120 valence electrons. The summed E-state index contributed by atoms with van der Waals surface area (Å²) in [6, 6.07) is 8.20. The van der Waals surface area contributed by atoms with Crippen LogP contribution in [-0.2, 0) is 26.0 Å². The van der Waals surface area contributed by atoms with Gasteiger partial charge in [0.1, 0.15) is 18.2 Å². The van der Waals surface area contributed by atoms with Crippen molar-refractivity contribution in [3.63, 3.8) is 0 Å². The standard InChI is InChI=1S/C17H20N4OS/c1-3-21-11-9-19-17(21)23-13-14-4-6-15(7-5-14)22-12-16-18-8-10-20(16)2/h4-11H,3,12-13H2,1-2H3. The molecule has 0 spiro atoms. The second-order valence-electron chi connectivity index (χ2n) is 5.17.